The second-order valence-corrected chi connectivity index (χ2v) is 4.38. The zero-order valence-electron chi connectivity index (χ0n) is 10.0. The standard InChI is InChI=1S/C14H8ClF3N2/c15-11-3-1-2-4-13(11)20-12-6-5-10(14(16,17)18)7-9(12)8-19/h1-7,20H. The number of rotatable bonds is 2. The molecule has 0 saturated carbocycles. The van der Waals surface area contributed by atoms with Crippen molar-refractivity contribution in [3.63, 3.8) is 0 Å². The van der Waals surface area contributed by atoms with Gasteiger partial charge in [0.05, 0.1) is 27.5 Å². The van der Waals surface area contributed by atoms with Gasteiger partial charge >= 0.3 is 6.18 Å². The predicted octanol–water partition coefficient (Wildman–Crippen LogP) is 4.97. The third-order valence-electron chi connectivity index (χ3n) is 2.61. The highest BCUT2D eigenvalue weighted by molar-refractivity contribution is 6.33. The number of hydrogen-bond donors (Lipinski definition) is 1. The number of benzene rings is 2. The van der Waals surface area contributed by atoms with Gasteiger partial charge < -0.3 is 5.32 Å². The van der Waals surface area contributed by atoms with E-state index in [9.17, 15) is 13.2 Å². The molecule has 0 saturated heterocycles. The van der Waals surface area contributed by atoms with Crippen LogP contribution in [0.3, 0.4) is 0 Å². The third-order valence-corrected chi connectivity index (χ3v) is 2.94. The summed E-state index contributed by atoms with van der Waals surface area (Å²) >= 11 is 5.95. The fourth-order valence-electron chi connectivity index (χ4n) is 1.63. The maximum Gasteiger partial charge on any atom is 0.416 e. The SMILES string of the molecule is N#Cc1cc(C(F)(F)F)ccc1Nc1ccccc1Cl. The summed E-state index contributed by atoms with van der Waals surface area (Å²) < 4.78 is 37.7. The van der Waals surface area contributed by atoms with Crippen LogP contribution in [-0.4, -0.2) is 0 Å². The maximum atomic E-state index is 12.6. The Labute approximate surface area is 118 Å². The van der Waals surface area contributed by atoms with Crippen LogP contribution in [0.4, 0.5) is 24.5 Å². The monoisotopic (exact) mass is 296 g/mol. The lowest BCUT2D eigenvalue weighted by atomic mass is 10.1. The zero-order chi connectivity index (χ0) is 14.8. The van der Waals surface area contributed by atoms with Crippen LogP contribution in [0.1, 0.15) is 11.1 Å². The minimum atomic E-state index is -4.48. The van der Waals surface area contributed by atoms with Gasteiger partial charge in [0.25, 0.3) is 0 Å². The third kappa shape index (κ3) is 3.03. The number of nitriles is 1. The molecule has 0 bridgehead atoms. The van der Waals surface area contributed by atoms with Crippen molar-refractivity contribution in [2.24, 2.45) is 0 Å². The lowest BCUT2D eigenvalue weighted by molar-refractivity contribution is -0.137. The molecular formula is C14H8ClF3N2. The molecule has 2 nitrogen and oxygen atoms in total. The highest BCUT2D eigenvalue weighted by atomic mass is 35.5. The number of hydrogen-bond acceptors (Lipinski definition) is 2. The molecule has 0 amide bonds. The molecule has 0 aliphatic heterocycles. The van der Waals surface area contributed by atoms with Gasteiger partial charge in [0.2, 0.25) is 0 Å². The minimum Gasteiger partial charge on any atom is -0.353 e. The van der Waals surface area contributed by atoms with Crippen LogP contribution in [0, 0.1) is 11.3 Å². The smallest absolute Gasteiger partial charge is 0.353 e. The Morgan fingerprint density at radius 3 is 2.35 bits per heavy atom. The summed E-state index contributed by atoms with van der Waals surface area (Å²) in [5.74, 6) is 0. The van der Waals surface area contributed by atoms with Crippen LogP contribution in [0.25, 0.3) is 0 Å². The molecule has 2 aromatic rings. The molecule has 0 aliphatic carbocycles. The Bertz CT molecular complexity index is 675. The van der Waals surface area contributed by atoms with Crippen LogP contribution in [0.2, 0.25) is 5.02 Å². The van der Waals surface area contributed by atoms with E-state index in [-0.39, 0.29) is 11.3 Å². The van der Waals surface area contributed by atoms with E-state index < -0.39 is 11.7 Å². The summed E-state index contributed by atoms with van der Waals surface area (Å²) in [4.78, 5) is 0. The fourth-order valence-corrected chi connectivity index (χ4v) is 1.81. The molecule has 0 aliphatic rings. The molecule has 0 aromatic heterocycles. The fraction of sp³-hybridized carbons (Fsp3) is 0.0714. The van der Waals surface area contributed by atoms with Crippen molar-refractivity contribution in [1.82, 2.24) is 0 Å². The molecule has 6 heteroatoms. The first-order valence-electron chi connectivity index (χ1n) is 5.54. The van der Waals surface area contributed by atoms with E-state index in [1.165, 1.54) is 6.07 Å². The Kier molecular flexibility index (Phi) is 3.86. The number of nitrogens with one attached hydrogen (secondary N) is 1. The molecule has 102 valence electrons. The van der Waals surface area contributed by atoms with E-state index in [0.29, 0.717) is 10.7 Å². The number of para-hydroxylation sites is 1. The molecule has 1 N–H and O–H groups in total. The second-order valence-electron chi connectivity index (χ2n) is 3.97. The highest BCUT2D eigenvalue weighted by Crippen LogP contribution is 2.33. The van der Waals surface area contributed by atoms with Gasteiger partial charge in [0, 0.05) is 0 Å². The number of anilines is 2. The van der Waals surface area contributed by atoms with E-state index in [2.05, 4.69) is 5.32 Å². The van der Waals surface area contributed by atoms with Crippen molar-refractivity contribution in [2.45, 2.75) is 6.18 Å². The van der Waals surface area contributed by atoms with Crippen LogP contribution < -0.4 is 5.32 Å². The van der Waals surface area contributed by atoms with Crippen molar-refractivity contribution < 1.29 is 13.2 Å². The first kappa shape index (κ1) is 14.2. The lowest BCUT2D eigenvalue weighted by Gasteiger charge is -2.12. The summed E-state index contributed by atoms with van der Waals surface area (Å²) in [5, 5.41) is 12.2. The van der Waals surface area contributed by atoms with E-state index in [1.807, 2.05) is 0 Å². The first-order valence-corrected chi connectivity index (χ1v) is 5.92. The Hall–Kier alpha value is -2.19. The molecule has 0 spiro atoms. The summed E-state index contributed by atoms with van der Waals surface area (Å²) in [7, 11) is 0. The van der Waals surface area contributed by atoms with Gasteiger partial charge in [0.15, 0.2) is 0 Å². The maximum absolute atomic E-state index is 12.6. The molecule has 0 atom stereocenters. The Balaban J connectivity index is 2.39. The van der Waals surface area contributed by atoms with Gasteiger partial charge in [-0.2, -0.15) is 18.4 Å². The topological polar surface area (TPSA) is 35.8 Å². The van der Waals surface area contributed by atoms with Crippen molar-refractivity contribution in [2.75, 3.05) is 5.32 Å². The van der Waals surface area contributed by atoms with Crippen LogP contribution in [0.15, 0.2) is 42.5 Å². The van der Waals surface area contributed by atoms with Gasteiger partial charge in [0.1, 0.15) is 6.07 Å². The summed E-state index contributed by atoms with van der Waals surface area (Å²) in [6, 6.07) is 11.4. The van der Waals surface area contributed by atoms with Crippen molar-refractivity contribution in [3.8, 4) is 6.07 Å². The van der Waals surface area contributed by atoms with Crippen LogP contribution >= 0.6 is 11.6 Å². The van der Waals surface area contributed by atoms with E-state index in [4.69, 9.17) is 16.9 Å². The molecule has 0 heterocycles. The molecule has 0 unspecified atom stereocenters. The van der Waals surface area contributed by atoms with Gasteiger partial charge in [-0.05, 0) is 30.3 Å². The number of nitrogens with zero attached hydrogens (tertiary/aromatic N) is 1. The van der Waals surface area contributed by atoms with Gasteiger partial charge in [-0.1, -0.05) is 23.7 Å². The van der Waals surface area contributed by atoms with E-state index in [0.717, 1.165) is 12.1 Å². The van der Waals surface area contributed by atoms with Gasteiger partial charge in [-0.15, -0.1) is 0 Å². The molecule has 2 aromatic carbocycles. The minimum absolute atomic E-state index is 0.0975. The van der Waals surface area contributed by atoms with Crippen LogP contribution in [-0.2, 0) is 6.18 Å². The Morgan fingerprint density at radius 2 is 1.75 bits per heavy atom. The lowest BCUT2D eigenvalue weighted by Crippen LogP contribution is -2.06. The molecule has 0 radical (unpaired) electrons. The molecule has 0 fully saturated rings. The van der Waals surface area contributed by atoms with Crippen molar-refractivity contribution in [3.05, 3.63) is 58.6 Å². The van der Waals surface area contributed by atoms with Gasteiger partial charge in [-0.3, -0.25) is 0 Å². The number of halogens is 4. The predicted molar refractivity (Wildman–Crippen MR) is 70.9 cm³/mol. The largest absolute Gasteiger partial charge is 0.416 e. The summed E-state index contributed by atoms with van der Waals surface area (Å²) in [6.07, 6.45) is -4.48. The highest BCUT2D eigenvalue weighted by Gasteiger charge is 2.31. The quantitative estimate of drug-likeness (QED) is 0.849. The Morgan fingerprint density at radius 1 is 1.05 bits per heavy atom. The van der Waals surface area contributed by atoms with Gasteiger partial charge in [-0.25, -0.2) is 0 Å². The molecular weight excluding hydrogens is 289 g/mol. The number of alkyl halides is 3. The van der Waals surface area contributed by atoms with Crippen LogP contribution in [0.5, 0.6) is 0 Å². The summed E-state index contributed by atoms with van der Waals surface area (Å²) in [6.45, 7) is 0. The average molecular weight is 297 g/mol. The van der Waals surface area contributed by atoms with Crippen molar-refractivity contribution >= 4 is 23.0 Å². The van der Waals surface area contributed by atoms with Crippen molar-refractivity contribution in [1.29, 1.82) is 5.26 Å². The molecule has 2 rings (SSSR count). The normalized spacial score (nSPS) is 10.9. The first-order chi connectivity index (χ1) is 9.41. The summed E-state index contributed by atoms with van der Waals surface area (Å²) in [5.41, 5.74) is -0.169. The van der Waals surface area contributed by atoms with E-state index in [1.54, 1.807) is 30.3 Å². The van der Waals surface area contributed by atoms with E-state index >= 15 is 0 Å². The average Bonchev–Trinajstić information content (AvgIpc) is 2.40. The molecule has 20 heavy (non-hydrogen) atoms. The second kappa shape index (κ2) is 5.43. The zero-order valence-corrected chi connectivity index (χ0v) is 10.8.